The molecule has 1 aliphatic heterocycles. The van der Waals surface area contributed by atoms with Crippen LogP contribution >= 0.6 is 11.3 Å². The molecular formula is C26H27N3O2S. The first-order valence-corrected chi connectivity index (χ1v) is 12.0. The molecular weight excluding hydrogens is 418 g/mol. The van der Waals surface area contributed by atoms with E-state index >= 15 is 0 Å². The van der Waals surface area contributed by atoms with E-state index in [9.17, 15) is 4.79 Å². The summed E-state index contributed by atoms with van der Waals surface area (Å²) in [7, 11) is 0. The van der Waals surface area contributed by atoms with Crippen LogP contribution in [0.15, 0.2) is 64.8 Å². The molecule has 0 bridgehead atoms. The van der Waals surface area contributed by atoms with Gasteiger partial charge in [-0.2, -0.15) is 0 Å². The predicted molar refractivity (Wildman–Crippen MR) is 130 cm³/mol. The van der Waals surface area contributed by atoms with Crippen molar-refractivity contribution in [2.24, 2.45) is 0 Å². The maximum Gasteiger partial charge on any atom is 0.259 e. The molecule has 1 saturated heterocycles. The predicted octanol–water partition coefficient (Wildman–Crippen LogP) is 5.08. The molecule has 1 fully saturated rings. The summed E-state index contributed by atoms with van der Waals surface area (Å²) in [5.41, 5.74) is 5.14. The molecule has 0 aliphatic carbocycles. The van der Waals surface area contributed by atoms with Crippen molar-refractivity contribution >= 4 is 16.3 Å². The number of para-hydroxylation sites is 1. The third kappa shape index (κ3) is 4.20. The Morgan fingerprint density at radius 1 is 1.03 bits per heavy atom. The highest BCUT2D eigenvalue weighted by Gasteiger charge is 2.22. The Bertz CT molecular complexity index is 1270. The largest absolute Gasteiger partial charge is 0.490 e. The second-order valence-electron chi connectivity index (χ2n) is 8.50. The number of aryl methyl sites for hydroxylation is 2. The molecule has 0 radical (unpaired) electrons. The Morgan fingerprint density at radius 3 is 2.47 bits per heavy atom. The molecule has 0 N–H and O–H groups in total. The molecule has 6 heteroatoms. The van der Waals surface area contributed by atoms with E-state index in [0.717, 1.165) is 53.6 Å². The molecule has 0 unspecified atom stereocenters. The van der Waals surface area contributed by atoms with Gasteiger partial charge in [0, 0.05) is 31.1 Å². The summed E-state index contributed by atoms with van der Waals surface area (Å²) in [6, 6.07) is 18.0. The maximum atomic E-state index is 12.9. The van der Waals surface area contributed by atoms with E-state index in [1.54, 1.807) is 10.5 Å². The molecule has 0 atom stereocenters. The smallest absolute Gasteiger partial charge is 0.259 e. The van der Waals surface area contributed by atoms with Crippen LogP contribution in [0.25, 0.3) is 16.2 Å². The summed E-state index contributed by atoms with van der Waals surface area (Å²) in [4.78, 5) is 20.8. The molecule has 5 rings (SSSR count). The van der Waals surface area contributed by atoms with Gasteiger partial charge in [-0.1, -0.05) is 48.5 Å². The second kappa shape index (κ2) is 8.88. The highest BCUT2D eigenvalue weighted by atomic mass is 32.1. The van der Waals surface area contributed by atoms with Gasteiger partial charge in [0.05, 0.1) is 11.4 Å². The molecule has 5 nitrogen and oxygen atoms in total. The number of aromatic nitrogens is 2. The Kier molecular flexibility index (Phi) is 5.81. The van der Waals surface area contributed by atoms with Gasteiger partial charge in [-0.25, -0.2) is 4.98 Å². The summed E-state index contributed by atoms with van der Waals surface area (Å²) in [5.74, 6) is 1.03. The fourth-order valence-electron chi connectivity index (χ4n) is 4.42. The normalized spacial score (nSPS) is 15.3. The van der Waals surface area contributed by atoms with Crippen molar-refractivity contribution in [2.45, 2.75) is 39.3 Å². The number of hydrogen-bond donors (Lipinski definition) is 0. The fourth-order valence-corrected chi connectivity index (χ4v) is 5.34. The highest BCUT2D eigenvalue weighted by molar-refractivity contribution is 7.15. The fraction of sp³-hybridized carbons (Fsp3) is 0.308. The first-order chi connectivity index (χ1) is 15.6. The zero-order valence-corrected chi connectivity index (χ0v) is 19.3. The van der Waals surface area contributed by atoms with Crippen LogP contribution in [0.2, 0.25) is 0 Å². The number of ether oxygens (including phenoxy) is 1. The van der Waals surface area contributed by atoms with Crippen LogP contribution in [0.4, 0.5) is 0 Å². The van der Waals surface area contributed by atoms with Crippen molar-refractivity contribution in [3.63, 3.8) is 0 Å². The average molecular weight is 446 g/mol. The summed E-state index contributed by atoms with van der Waals surface area (Å²) >= 11 is 1.52. The van der Waals surface area contributed by atoms with Crippen LogP contribution in [0, 0.1) is 13.8 Å². The standard InChI is InChI=1S/C26H27N3O2S/c1-18-7-6-8-19(2)25(18)31-22-11-13-28(14-12-22)16-21-15-24(30)29-23(17-32-26(29)27-21)20-9-4-3-5-10-20/h3-10,15,17,22H,11-14,16H2,1-2H3. The number of hydrogen-bond acceptors (Lipinski definition) is 5. The summed E-state index contributed by atoms with van der Waals surface area (Å²) in [6.07, 6.45) is 2.19. The van der Waals surface area contributed by atoms with E-state index in [1.807, 2.05) is 35.7 Å². The lowest BCUT2D eigenvalue weighted by Crippen LogP contribution is -2.38. The summed E-state index contributed by atoms with van der Waals surface area (Å²) in [6.45, 7) is 6.78. The van der Waals surface area contributed by atoms with E-state index < -0.39 is 0 Å². The molecule has 32 heavy (non-hydrogen) atoms. The van der Waals surface area contributed by atoms with Crippen molar-refractivity contribution in [3.05, 3.63) is 87.2 Å². The Hall–Kier alpha value is -2.96. The van der Waals surface area contributed by atoms with Crippen LogP contribution < -0.4 is 10.3 Å². The second-order valence-corrected chi connectivity index (χ2v) is 9.34. The number of rotatable bonds is 5. The lowest BCUT2D eigenvalue weighted by Gasteiger charge is -2.32. The van der Waals surface area contributed by atoms with E-state index in [4.69, 9.17) is 9.72 Å². The van der Waals surface area contributed by atoms with Gasteiger partial charge in [0.2, 0.25) is 0 Å². The topological polar surface area (TPSA) is 46.8 Å². The van der Waals surface area contributed by atoms with Crippen molar-refractivity contribution < 1.29 is 4.74 Å². The lowest BCUT2D eigenvalue weighted by molar-refractivity contribution is 0.0950. The van der Waals surface area contributed by atoms with Crippen molar-refractivity contribution in [1.82, 2.24) is 14.3 Å². The maximum absolute atomic E-state index is 12.9. The Morgan fingerprint density at radius 2 is 1.75 bits per heavy atom. The van der Waals surface area contributed by atoms with Gasteiger partial charge in [0.1, 0.15) is 11.9 Å². The molecule has 4 aromatic rings. The molecule has 0 spiro atoms. The molecule has 2 aromatic heterocycles. The quantitative estimate of drug-likeness (QED) is 0.430. The van der Waals surface area contributed by atoms with Gasteiger partial charge >= 0.3 is 0 Å². The van der Waals surface area contributed by atoms with Crippen molar-refractivity contribution in [1.29, 1.82) is 0 Å². The van der Waals surface area contributed by atoms with Gasteiger partial charge in [-0.3, -0.25) is 14.1 Å². The number of fused-ring (bicyclic) bond motifs is 1. The molecule has 164 valence electrons. The van der Waals surface area contributed by atoms with Crippen LogP contribution in [0.3, 0.4) is 0 Å². The number of likely N-dealkylation sites (tertiary alicyclic amines) is 1. The van der Waals surface area contributed by atoms with Gasteiger partial charge in [-0.15, -0.1) is 11.3 Å². The van der Waals surface area contributed by atoms with Crippen LogP contribution in [-0.2, 0) is 6.54 Å². The minimum absolute atomic E-state index is 0.0154. The first-order valence-electron chi connectivity index (χ1n) is 11.1. The number of nitrogens with zero attached hydrogens (tertiary/aromatic N) is 3. The van der Waals surface area contributed by atoms with E-state index in [2.05, 4.69) is 36.9 Å². The van der Waals surface area contributed by atoms with E-state index in [1.165, 1.54) is 22.5 Å². The summed E-state index contributed by atoms with van der Waals surface area (Å²) in [5, 5.41) is 2.01. The molecule has 1 aliphatic rings. The third-order valence-electron chi connectivity index (χ3n) is 6.14. The molecule has 0 amide bonds. The van der Waals surface area contributed by atoms with Crippen LogP contribution in [0.5, 0.6) is 5.75 Å². The number of benzene rings is 2. The number of thiazole rings is 1. The van der Waals surface area contributed by atoms with E-state index in [0.29, 0.717) is 6.54 Å². The minimum Gasteiger partial charge on any atom is -0.490 e. The lowest BCUT2D eigenvalue weighted by atomic mass is 10.1. The third-order valence-corrected chi connectivity index (χ3v) is 6.97. The van der Waals surface area contributed by atoms with Gasteiger partial charge in [-0.05, 0) is 43.4 Å². The van der Waals surface area contributed by atoms with Crippen molar-refractivity contribution in [2.75, 3.05) is 13.1 Å². The summed E-state index contributed by atoms with van der Waals surface area (Å²) < 4.78 is 8.06. The van der Waals surface area contributed by atoms with Gasteiger partial charge < -0.3 is 4.74 Å². The zero-order chi connectivity index (χ0) is 22.1. The molecule has 3 heterocycles. The minimum atomic E-state index is -0.0154. The highest BCUT2D eigenvalue weighted by Crippen LogP contribution is 2.27. The molecule has 0 saturated carbocycles. The zero-order valence-electron chi connectivity index (χ0n) is 18.5. The van der Waals surface area contributed by atoms with Gasteiger partial charge in [0.25, 0.3) is 5.56 Å². The average Bonchev–Trinajstić information content (AvgIpc) is 3.23. The van der Waals surface area contributed by atoms with Crippen molar-refractivity contribution in [3.8, 4) is 17.0 Å². The van der Waals surface area contributed by atoms with Crippen LogP contribution in [-0.4, -0.2) is 33.5 Å². The Labute approximate surface area is 191 Å². The monoisotopic (exact) mass is 445 g/mol. The van der Waals surface area contributed by atoms with E-state index in [-0.39, 0.29) is 11.7 Å². The first kappa shape index (κ1) is 20.9. The number of piperidine rings is 1. The van der Waals surface area contributed by atoms with Crippen LogP contribution in [0.1, 0.15) is 29.7 Å². The molecule has 2 aromatic carbocycles. The Balaban J connectivity index is 1.26. The SMILES string of the molecule is Cc1cccc(C)c1OC1CCN(Cc2cc(=O)n3c(-c4ccccc4)csc3n2)CC1. The van der Waals surface area contributed by atoms with Gasteiger partial charge in [0.15, 0.2) is 4.96 Å².